The molecule has 3 rings (SSSR count). The minimum Gasteiger partial charge on any atom is -0.333 e. The summed E-state index contributed by atoms with van der Waals surface area (Å²) in [5.41, 5.74) is 10.5. The molecule has 0 aliphatic rings. The molecular weight excluding hydrogens is 351 g/mol. The van der Waals surface area contributed by atoms with Gasteiger partial charge in [0.05, 0.1) is 12.2 Å². The van der Waals surface area contributed by atoms with E-state index in [1.807, 2.05) is 44.2 Å². The Hall–Kier alpha value is -3.18. The van der Waals surface area contributed by atoms with Gasteiger partial charge in [0, 0.05) is 12.4 Å². The number of nitrogens with two attached hydrogens (primary N) is 1. The molecule has 1 heterocycles. The van der Waals surface area contributed by atoms with Crippen LogP contribution in [0.25, 0.3) is 11.1 Å². The van der Waals surface area contributed by atoms with Crippen molar-refractivity contribution < 1.29 is 4.39 Å². The van der Waals surface area contributed by atoms with Crippen LogP contribution in [-0.4, -0.2) is 25.5 Å². The molecule has 0 amide bonds. The van der Waals surface area contributed by atoms with Gasteiger partial charge < -0.3 is 5.73 Å². The Morgan fingerprint density at radius 2 is 1.75 bits per heavy atom. The first-order valence-electron chi connectivity index (χ1n) is 8.78. The number of benzene rings is 2. The monoisotopic (exact) mass is 378 g/mol. The van der Waals surface area contributed by atoms with Crippen molar-refractivity contribution in [1.29, 1.82) is 0 Å². The van der Waals surface area contributed by atoms with Gasteiger partial charge in [-0.25, -0.2) is 4.39 Å². The molecule has 4 nitrogen and oxygen atoms in total. The van der Waals surface area contributed by atoms with E-state index in [2.05, 4.69) is 34.1 Å². The summed E-state index contributed by atoms with van der Waals surface area (Å²) in [7, 11) is 1.50. The van der Waals surface area contributed by atoms with Crippen molar-refractivity contribution in [2.45, 2.75) is 20.4 Å². The number of rotatable bonds is 4. The molecule has 3 aromatic rings. The van der Waals surface area contributed by atoms with Gasteiger partial charge in [-0.05, 0) is 86.4 Å². The molecule has 0 aliphatic carbocycles. The zero-order chi connectivity index (χ0) is 20.9. The van der Waals surface area contributed by atoms with Crippen LogP contribution >= 0.6 is 0 Å². The predicted octanol–water partition coefficient (Wildman–Crippen LogP) is 5.30. The van der Waals surface area contributed by atoms with E-state index in [1.165, 1.54) is 19.2 Å². The van der Waals surface area contributed by atoms with E-state index in [4.69, 9.17) is 0 Å². The standard InChI is InChI=1S/C15H14FN.C7H8N2.CH5N/c1-10-7-11(2)15(17-3)9-14(10)12-5-4-6-13(16)8-12;1-8-5-7-3-2-4-9-6-7;1-2/h4-9H,3H2,1-2H3;2-4,6H,1,5H2;2H2,1H3. The second kappa shape index (κ2) is 12.3. The average molecular weight is 378 g/mol. The summed E-state index contributed by atoms with van der Waals surface area (Å²) in [6, 6.07) is 14.4. The SMILES string of the molecule is C=NCc1cccnc1.C=Nc1cc(-c2cccc(F)c2)c(C)cc1C.CN. The maximum atomic E-state index is 13.2. The molecule has 2 aromatic carbocycles. The van der Waals surface area contributed by atoms with Gasteiger partial charge in [-0.15, -0.1) is 0 Å². The summed E-state index contributed by atoms with van der Waals surface area (Å²) in [5.74, 6) is -0.226. The van der Waals surface area contributed by atoms with Crippen LogP contribution in [0.1, 0.15) is 16.7 Å². The Bertz CT molecular complexity index is 892. The number of hydrogen-bond acceptors (Lipinski definition) is 4. The number of aryl methyl sites for hydroxylation is 2. The molecule has 146 valence electrons. The molecule has 0 saturated heterocycles. The van der Waals surface area contributed by atoms with Crippen LogP contribution in [-0.2, 0) is 6.54 Å². The minimum atomic E-state index is -0.226. The van der Waals surface area contributed by atoms with Crippen LogP contribution in [0, 0.1) is 19.7 Å². The number of pyridine rings is 1. The zero-order valence-corrected chi connectivity index (χ0v) is 16.7. The first kappa shape index (κ1) is 22.9. The normalized spacial score (nSPS) is 9.32. The topological polar surface area (TPSA) is 63.6 Å². The molecule has 5 heteroatoms. The maximum Gasteiger partial charge on any atom is 0.123 e. The Morgan fingerprint density at radius 1 is 1.00 bits per heavy atom. The first-order valence-corrected chi connectivity index (χ1v) is 8.78. The molecule has 0 bridgehead atoms. The quantitative estimate of drug-likeness (QED) is 0.626. The molecule has 1 aromatic heterocycles. The maximum absolute atomic E-state index is 13.2. The number of aliphatic imine (C=N–C) groups is 2. The van der Waals surface area contributed by atoms with Gasteiger partial charge in [0.15, 0.2) is 0 Å². The molecule has 0 atom stereocenters. The second-order valence-corrected chi connectivity index (χ2v) is 5.87. The third kappa shape index (κ3) is 6.85. The third-order valence-electron chi connectivity index (χ3n) is 3.87. The summed E-state index contributed by atoms with van der Waals surface area (Å²) in [5, 5.41) is 0. The molecule has 0 radical (unpaired) electrons. The minimum absolute atomic E-state index is 0.226. The second-order valence-electron chi connectivity index (χ2n) is 5.87. The summed E-state index contributed by atoms with van der Waals surface area (Å²) >= 11 is 0. The van der Waals surface area contributed by atoms with Gasteiger partial charge in [0.2, 0.25) is 0 Å². The molecule has 0 spiro atoms. The number of halogens is 1. The van der Waals surface area contributed by atoms with Crippen LogP contribution in [0.5, 0.6) is 0 Å². The number of nitrogens with zero attached hydrogens (tertiary/aromatic N) is 3. The van der Waals surface area contributed by atoms with Gasteiger partial charge >= 0.3 is 0 Å². The van der Waals surface area contributed by atoms with Crippen molar-refractivity contribution in [2.75, 3.05) is 7.05 Å². The van der Waals surface area contributed by atoms with Crippen molar-refractivity contribution >= 4 is 19.1 Å². The molecule has 0 saturated carbocycles. The Labute approximate surface area is 166 Å². The van der Waals surface area contributed by atoms with E-state index in [9.17, 15) is 4.39 Å². The highest BCUT2D eigenvalue weighted by Gasteiger charge is 2.06. The van der Waals surface area contributed by atoms with Crippen LogP contribution in [0.2, 0.25) is 0 Å². The molecule has 28 heavy (non-hydrogen) atoms. The van der Waals surface area contributed by atoms with Gasteiger partial charge in [-0.1, -0.05) is 24.3 Å². The van der Waals surface area contributed by atoms with Gasteiger partial charge in [-0.2, -0.15) is 0 Å². The Balaban J connectivity index is 0.000000301. The summed E-state index contributed by atoms with van der Waals surface area (Å²) < 4.78 is 13.2. The molecule has 0 unspecified atom stereocenters. The molecule has 2 N–H and O–H groups in total. The van der Waals surface area contributed by atoms with Gasteiger partial charge in [0.25, 0.3) is 0 Å². The van der Waals surface area contributed by atoms with Crippen molar-refractivity contribution in [2.24, 2.45) is 15.7 Å². The van der Waals surface area contributed by atoms with Crippen LogP contribution < -0.4 is 5.73 Å². The first-order chi connectivity index (χ1) is 13.5. The van der Waals surface area contributed by atoms with Gasteiger partial charge in [-0.3, -0.25) is 15.0 Å². The summed E-state index contributed by atoms with van der Waals surface area (Å²) in [6.45, 7) is 11.6. The fourth-order valence-electron chi connectivity index (χ4n) is 2.60. The molecule has 0 fully saturated rings. The van der Waals surface area contributed by atoms with Crippen molar-refractivity contribution in [3.63, 3.8) is 0 Å². The van der Waals surface area contributed by atoms with E-state index in [0.29, 0.717) is 6.54 Å². The van der Waals surface area contributed by atoms with E-state index in [1.54, 1.807) is 18.5 Å². The lowest BCUT2D eigenvalue weighted by Crippen LogP contribution is -1.87. The highest BCUT2D eigenvalue weighted by molar-refractivity contribution is 5.72. The van der Waals surface area contributed by atoms with Crippen LogP contribution in [0.15, 0.2) is 70.9 Å². The predicted molar refractivity (Wildman–Crippen MR) is 118 cm³/mol. The smallest absolute Gasteiger partial charge is 0.123 e. The highest BCUT2D eigenvalue weighted by atomic mass is 19.1. The van der Waals surface area contributed by atoms with Crippen molar-refractivity contribution in [3.8, 4) is 11.1 Å². The number of hydrogen-bond donors (Lipinski definition) is 1. The zero-order valence-electron chi connectivity index (χ0n) is 16.7. The van der Waals surface area contributed by atoms with Crippen molar-refractivity contribution in [3.05, 3.63) is 83.4 Å². The van der Waals surface area contributed by atoms with Crippen molar-refractivity contribution in [1.82, 2.24) is 4.98 Å². The van der Waals surface area contributed by atoms with Crippen LogP contribution in [0.4, 0.5) is 10.1 Å². The Morgan fingerprint density at radius 3 is 2.32 bits per heavy atom. The number of aromatic nitrogens is 1. The average Bonchev–Trinajstić information content (AvgIpc) is 2.71. The lowest BCUT2D eigenvalue weighted by molar-refractivity contribution is 0.628. The van der Waals surface area contributed by atoms with Gasteiger partial charge in [0.1, 0.15) is 5.82 Å². The van der Waals surface area contributed by atoms with E-state index in [-0.39, 0.29) is 5.82 Å². The molecule has 0 aliphatic heterocycles. The highest BCUT2D eigenvalue weighted by Crippen LogP contribution is 2.30. The molecular formula is C23H27FN4. The summed E-state index contributed by atoms with van der Waals surface area (Å²) in [4.78, 5) is 11.6. The van der Waals surface area contributed by atoms with E-state index >= 15 is 0 Å². The lowest BCUT2D eigenvalue weighted by Gasteiger charge is -2.09. The van der Waals surface area contributed by atoms with E-state index < -0.39 is 0 Å². The fourth-order valence-corrected chi connectivity index (χ4v) is 2.60. The summed E-state index contributed by atoms with van der Waals surface area (Å²) in [6.07, 6.45) is 3.53. The lowest BCUT2D eigenvalue weighted by atomic mass is 9.97. The largest absolute Gasteiger partial charge is 0.333 e. The van der Waals surface area contributed by atoms with E-state index in [0.717, 1.165) is 33.5 Å². The third-order valence-corrected chi connectivity index (χ3v) is 3.87. The van der Waals surface area contributed by atoms with Crippen LogP contribution in [0.3, 0.4) is 0 Å². The Kier molecular flexibility index (Phi) is 10.0. The fraction of sp³-hybridized carbons (Fsp3) is 0.174.